The Balaban J connectivity index is 1.26. The number of fused-ring (bicyclic) bond motifs is 1. The van der Waals surface area contributed by atoms with Crippen molar-refractivity contribution in [2.24, 2.45) is 0 Å². The Labute approximate surface area is 327 Å². The summed E-state index contributed by atoms with van der Waals surface area (Å²) in [7, 11) is 1.10. The molecule has 296 valence electrons. The Kier molecular flexibility index (Phi) is 12.9. The zero-order valence-electron chi connectivity index (χ0n) is 31.4. The van der Waals surface area contributed by atoms with Crippen LogP contribution >= 0.6 is 11.3 Å². The molecule has 2 saturated heterocycles. The van der Waals surface area contributed by atoms with E-state index in [2.05, 4.69) is 4.90 Å². The van der Waals surface area contributed by atoms with Crippen molar-refractivity contribution in [2.45, 2.75) is 70.7 Å². The lowest BCUT2D eigenvalue weighted by atomic mass is 9.97. The lowest BCUT2D eigenvalue weighted by Crippen LogP contribution is -2.64. The van der Waals surface area contributed by atoms with Gasteiger partial charge in [-0.25, -0.2) is 4.79 Å². The Bertz CT molecular complexity index is 2060. The van der Waals surface area contributed by atoms with Crippen LogP contribution in [-0.2, 0) is 42.9 Å². The number of thiophene rings is 1. The number of ether oxygens (including phenoxy) is 7. The summed E-state index contributed by atoms with van der Waals surface area (Å²) in [5, 5.41) is 10.9. The van der Waals surface area contributed by atoms with E-state index in [-0.39, 0.29) is 17.3 Å². The number of methoxy groups -OCH3 is 1. The van der Waals surface area contributed by atoms with Gasteiger partial charge in [-0.3, -0.25) is 24.1 Å². The first-order valence-corrected chi connectivity index (χ1v) is 19.0. The molecule has 6 rings (SSSR count). The molecule has 1 aromatic heterocycles. The molecule has 5 atom stereocenters. The summed E-state index contributed by atoms with van der Waals surface area (Å²) < 4.78 is 39.7. The molecule has 0 radical (unpaired) electrons. The Morgan fingerprint density at radius 2 is 1.41 bits per heavy atom. The standard InChI is InChI=1S/C41H43NO13S/c1-23(43)51-35-36(52-24(2)44)38(53-25(3)45)41(55-37(35)40(48)49-4)54-30-15-10-27(11-16-30)39-33(31-17-12-28(46)22-32(31)56-39)34(47)26-8-13-29(14-9-26)50-21-20-42-18-6-5-7-19-42/h8-17,22,35-38,41,46H,5-7,18-21H2,1-4H3. The fourth-order valence-corrected chi connectivity index (χ4v) is 8.07. The average Bonchev–Trinajstić information content (AvgIpc) is 3.55. The molecule has 2 fully saturated rings. The van der Waals surface area contributed by atoms with Gasteiger partial charge in [-0.1, -0.05) is 6.42 Å². The van der Waals surface area contributed by atoms with E-state index < -0.39 is 54.6 Å². The SMILES string of the molecule is COC(=O)C1OC(Oc2ccc(-c3sc4cc(O)ccc4c3C(=O)c3ccc(OCCN4CCCCC4)cc3)cc2)C(OC(C)=O)C(OC(C)=O)C1OC(C)=O. The van der Waals surface area contributed by atoms with Gasteiger partial charge in [0, 0.05) is 53.4 Å². The third-order valence-corrected chi connectivity index (χ3v) is 10.5. The van der Waals surface area contributed by atoms with Crippen LogP contribution in [0, 0.1) is 0 Å². The molecule has 5 unspecified atom stereocenters. The topological polar surface area (TPSA) is 173 Å². The number of carbonyl (C=O) groups excluding carboxylic acids is 5. The Morgan fingerprint density at radius 1 is 0.786 bits per heavy atom. The van der Waals surface area contributed by atoms with Gasteiger partial charge in [0.25, 0.3) is 0 Å². The van der Waals surface area contributed by atoms with Gasteiger partial charge in [-0.2, -0.15) is 0 Å². The van der Waals surface area contributed by atoms with Crippen molar-refractivity contribution in [1.82, 2.24) is 4.90 Å². The second-order valence-electron chi connectivity index (χ2n) is 13.4. The number of benzene rings is 3. The second-order valence-corrected chi connectivity index (χ2v) is 14.5. The van der Waals surface area contributed by atoms with Crippen LogP contribution in [0.2, 0.25) is 0 Å². The molecule has 0 bridgehead atoms. The smallest absolute Gasteiger partial charge is 0.339 e. The van der Waals surface area contributed by atoms with Crippen LogP contribution < -0.4 is 9.47 Å². The fourth-order valence-electron chi connectivity index (χ4n) is 6.83. The highest BCUT2D eigenvalue weighted by Gasteiger charge is 2.55. The number of hydrogen-bond acceptors (Lipinski definition) is 15. The maximum Gasteiger partial charge on any atom is 0.339 e. The number of piperidine rings is 1. The predicted molar refractivity (Wildman–Crippen MR) is 203 cm³/mol. The van der Waals surface area contributed by atoms with E-state index in [1.54, 1.807) is 60.7 Å². The van der Waals surface area contributed by atoms with Crippen LogP contribution in [0.1, 0.15) is 56.0 Å². The summed E-state index contributed by atoms with van der Waals surface area (Å²) in [6, 6.07) is 18.5. The molecule has 15 heteroatoms. The zero-order valence-corrected chi connectivity index (χ0v) is 32.2. The summed E-state index contributed by atoms with van der Waals surface area (Å²) in [6.07, 6.45) is -3.99. The molecule has 14 nitrogen and oxygen atoms in total. The number of ketones is 1. The normalized spacial score (nSPS) is 21.1. The van der Waals surface area contributed by atoms with E-state index >= 15 is 0 Å². The van der Waals surface area contributed by atoms with Crippen molar-refractivity contribution < 1.29 is 62.2 Å². The lowest BCUT2D eigenvalue weighted by molar-refractivity contribution is -0.282. The first-order chi connectivity index (χ1) is 26.9. The fraction of sp³-hybridized carbons (Fsp3) is 0.390. The van der Waals surface area contributed by atoms with Gasteiger partial charge in [0.05, 0.1) is 7.11 Å². The van der Waals surface area contributed by atoms with Crippen molar-refractivity contribution in [3.05, 3.63) is 77.9 Å². The van der Waals surface area contributed by atoms with Crippen molar-refractivity contribution >= 4 is 51.1 Å². The molecule has 0 spiro atoms. The van der Waals surface area contributed by atoms with Crippen molar-refractivity contribution in [3.8, 4) is 27.7 Å². The summed E-state index contributed by atoms with van der Waals surface area (Å²) in [6.45, 7) is 6.88. The molecule has 3 aromatic carbocycles. The van der Waals surface area contributed by atoms with E-state index in [9.17, 15) is 29.1 Å². The molecule has 0 aliphatic carbocycles. The third-order valence-electron chi connectivity index (χ3n) is 9.35. The largest absolute Gasteiger partial charge is 0.508 e. The van der Waals surface area contributed by atoms with Gasteiger partial charge in [-0.05, 0) is 98.2 Å². The quantitative estimate of drug-likeness (QED) is 0.103. The van der Waals surface area contributed by atoms with Crippen molar-refractivity contribution in [2.75, 3.05) is 33.4 Å². The second kappa shape index (κ2) is 18.0. The van der Waals surface area contributed by atoms with Crippen molar-refractivity contribution in [1.29, 1.82) is 0 Å². The van der Waals surface area contributed by atoms with E-state index in [0.29, 0.717) is 44.0 Å². The van der Waals surface area contributed by atoms with E-state index in [1.165, 1.54) is 36.7 Å². The van der Waals surface area contributed by atoms with E-state index in [4.69, 9.17) is 33.2 Å². The highest BCUT2D eigenvalue weighted by Crippen LogP contribution is 2.42. The minimum absolute atomic E-state index is 0.0576. The van der Waals surface area contributed by atoms with Crippen molar-refractivity contribution in [3.63, 3.8) is 0 Å². The number of phenols is 1. The molecule has 4 aromatic rings. The summed E-state index contributed by atoms with van der Waals surface area (Å²) >= 11 is 1.33. The van der Waals surface area contributed by atoms with E-state index in [1.807, 2.05) is 0 Å². The average molecular weight is 790 g/mol. The molecular formula is C41H43NO13S. The van der Waals surface area contributed by atoms with Crippen LogP contribution in [0.15, 0.2) is 66.7 Å². The monoisotopic (exact) mass is 789 g/mol. The molecule has 3 heterocycles. The summed E-state index contributed by atoms with van der Waals surface area (Å²) in [5.74, 6) is -2.68. The minimum Gasteiger partial charge on any atom is -0.508 e. The minimum atomic E-state index is -1.62. The third kappa shape index (κ3) is 9.46. The van der Waals surface area contributed by atoms with Gasteiger partial charge in [-0.15, -0.1) is 11.3 Å². The molecule has 1 N–H and O–H groups in total. The number of phenolic OH excluding ortho intramolecular Hbond substituents is 1. The molecule has 0 saturated carbocycles. The lowest BCUT2D eigenvalue weighted by Gasteiger charge is -2.43. The van der Waals surface area contributed by atoms with Crippen LogP contribution in [0.4, 0.5) is 0 Å². The summed E-state index contributed by atoms with van der Waals surface area (Å²) in [5.41, 5.74) is 1.56. The van der Waals surface area contributed by atoms with E-state index in [0.717, 1.165) is 47.5 Å². The van der Waals surface area contributed by atoms with Gasteiger partial charge in [0.2, 0.25) is 12.4 Å². The predicted octanol–water partition coefficient (Wildman–Crippen LogP) is 5.44. The highest BCUT2D eigenvalue weighted by atomic mass is 32.1. The first kappa shape index (κ1) is 40.2. The van der Waals surface area contributed by atoms with Crippen LogP contribution in [-0.4, -0.2) is 104 Å². The number of nitrogens with zero attached hydrogens (tertiary/aromatic N) is 1. The molecule has 0 amide bonds. The maximum atomic E-state index is 14.2. The molecule has 2 aliphatic heterocycles. The summed E-state index contributed by atoms with van der Waals surface area (Å²) in [4.78, 5) is 66.5. The molecule has 2 aliphatic rings. The Hall–Kier alpha value is -5.51. The van der Waals surface area contributed by atoms with Gasteiger partial charge in [0.15, 0.2) is 24.1 Å². The zero-order chi connectivity index (χ0) is 39.9. The van der Waals surface area contributed by atoms with Crippen LogP contribution in [0.3, 0.4) is 0 Å². The first-order valence-electron chi connectivity index (χ1n) is 18.2. The van der Waals surface area contributed by atoms with Gasteiger partial charge >= 0.3 is 23.9 Å². The number of rotatable bonds is 13. The van der Waals surface area contributed by atoms with Crippen LogP contribution in [0.5, 0.6) is 17.2 Å². The van der Waals surface area contributed by atoms with Gasteiger partial charge < -0.3 is 38.3 Å². The number of likely N-dealkylation sites (tertiary alicyclic amines) is 1. The number of esters is 4. The highest BCUT2D eigenvalue weighted by molar-refractivity contribution is 7.22. The molecular weight excluding hydrogens is 747 g/mol. The number of hydrogen-bond donors (Lipinski definition) is 1. The van der Waals surface area contributed by atoms with Gasteiger partial charge in [0.1, 0.15) is 23.9 Å². The Morgan fingerprint density at radius 3 is 2.05 bits per heavy atom. The number of aromatic hydroxyl groups is 1. The van der Waals surface area contributed by atoms with Crippen LogP contribution in [0.25, 0.3) is 20.5 Å². The number of carbonyl (C=O) groups is 5. The maximum absolute atomic E-state index is 14.2. The molecule has 56 heavy (non-hydrogen) atoms.